The zero-order valence-electron chi connectivity index (χ0n) is 7.46. The van der Waals surface area contributed by atoms with Crippen molar-refractivity contribution in [3.63, 3.8) is 0 Å². The Morgan fingerprint density at radius 1 is 1.54 bits per heavy atom. The topological polar surface area (TPSA) is 61.3 Å². The largest absolute Gasteiger partial charge is 0.398 e. The zero-order chi connectivity index (χ0) is 9.84. The molecule has 1 rings (SSSR count). The third-order valence-corrected chi connectivity index (χ3v) is 2.49. The minimum atomic E-state index is -0.0955. The first kappa shape index (κ1) is 10.5. The third kappa shape index (κ3) is 2.69. The van der Waals surface area contributed by atoms with E-state index < -0.39 is 0 Å². The van der Waals surface area contributed by atoms with E-state index in [1.165, 1.54) is 0 Å². The van der Waals surface area contributed by atoms with Gasteiger partial charge in [-0.2, -0.15) is 0 Å². The minimum absolute atomic E-state index is 0.0955. The van der Waals surface area contributed by atoms with Crippen LogP contribution in [0, 0.1) is 0 Å². The van der Waals surface area contributed by atoms with Gasteiger partial charge in [-0.1, -0.05) is 6.07 Å². The fourth-order valence-corrected chi connectivity index (χ4v) is 1.45. The maximum absolute atomic E-state index is 5.84. The number of hydrogen-bond donors (Lipinski definition) is 2. The van der Waals surface area contributed by atoms with Gasteiger partial charge < -0.3 is 16.2 Å². The minimum Gasteiger partial charge on any atom is -0.398 e. The molecule has 0 aliphatic rings. The number of benzene rings is 1. The molecule has 0 saturated heterocycles. The van der Waals surface area contributed by atoms with E-state index in [4.69, 9.17) is 16.2 Å². The first-order valence-corrected chi connectivity index (χ1v) is 4.74. The number of nitrogens with two attached hydrogens (primary N) is 2. The zero-order valence-corrected chi connectivity index (χ0v) is 9.04. The number of halogens is 1. The smallest absolute Gasteiger partial charge is 0.0655 e. The van der Waals surface area contributed by atoms with Gasteiger partial charge in [-0.15, -0.1) is 0 Å². The lowest BCUT2D eigenvalue weighted by atomic mass is 10.1. The molecular formula is C9H13BrN2O. The molecule has 1 aromatic carbocycles. The molecule has 0 amide bonds. The second-order valence-corrected chi connectivity index (χ2v) is 3.70. The van der Waals surface area contributed by atoms with Crippen molar-refractivity contribution >= 4 is 21.6 Å². The van der Waals surface area contributed by atoms with Gasteiger partial charge in [0.2, 0.25) is 0 Å². The van der Waals surface area contributed by atoms with E-state index in [0.29, 0.717) is 12.3 Å². The van der Waals surface area contributed by atoms with Gasteiger partial charge in [0.05, 0.1) is 12.6 Å². The summed E-state index contributed by atoms with van der Waals surface area (Å²) in [6.45, 7) is 0.510. The van der Waals surface area contributed by atoms with E-state index in [2.05, 4.69) is 15.9 Å². The van der Waals surface area contributed by atoms with Gasteiger partial charge in [-0.3, -0.25) is 0 Å². The number of rotatable bonds is 3. The number of anilines is 1. The summed E-state index contributed by atoms with van der Waals surface area (Å²) in [6.07, 6.45) is 0. The number of methoxy groups -OCH3 is 1. The van der Waals surface area contributed by atoms with Crippen LogP contribution < -0.4 is 11.5 Å². The second kappa shape index (κ2) is 4.60. The van der Waals surface area contributed by atoms with Crippen LogP contribution in [0.15, 0.2) is 22.7 Å². The van der Waals surface area contributed by atoms with Gasteiger partial charge in [0.25, 0.3) is 0 Å². The van der Waals surface area contributed by atoms with Crippen LogP contribution in [0.3, 0.4) is 0 Å². The molecule has 3 nitrogen and oxygen atoms in total. The molecule has 1 aromatic rings. The summed E-state index contributed by atoms with van der Waals surface area (Å²) in [7, 11) is 1.63. The quantitative estimate of drug-likeness (QED) is 0.796. The molecule has 0 heterocycles. The Labute approximate surface area is 86.2 Å². The average molecular weight is 245 g/mol. The molecule has 0 radical (unpaired) electrons. The lowest BCUT2D eigenvalue weighted by molar-refractivity contribution is 0.181. The molecule has 4 heteroatoms. The maximum Gasteiger partial charge on any atom is 0.0655 e. The molecule has 0 aliphatic carbocycles. The normalized spacial score (nSPS) is 12.8. The van der Waals surface area contributed by atoms with E-state index in [-0.39, 0.29) is 6.04 Å². The summed E-state index contributed by atoms with van der Waals surface area (Å²) >= 11 is 3.34. The Balaban J connectivity index is 2.84. The van der Waals surface area contributed by atoms with Crippen LogP contribution in [0.5, 0.6) is 0 Å². The van der Waals surface area contributed by atoms with Crippen LogP contribution in [0.25, 0.3) is 0 Å². The van der Waals surface area contributed by atoms with Crippen LogP contribution in [0.1, 0.15) is 11.6 Å². The monoisotopic (exact) mass is 244 g/mol. The summed E-state index contributed by atoms with van der Waals surface area (Å²) in [6, 6.07) is 5.56. The Morgan fingerprint density at radius 3 is 2.77 bits per heavy atom. The molecule has 0 bridgehead atoms. The summed E-state index contributed by atoms with van der Waals surface area (Å²) in [4.78, 5) is 0. The molecule has 0 saturated carbocycles. The van der Waals surface area contributed by atoms with Crippen molar-refractivity contribution in [3.8, 4) is 0 Å². The maximum atomic E-state index is 5.84. The molecule has 13 heavy (non-hydrogen) atoms. The number of nitrogen functional groups attached to an aromatic ring is 1. The molecular weight excluding hydrogens is 232 g/mol. The van der Waals surface area contributed by atoms with Crippen molar-refractivity contribution in [3.05, 3.63) is 28.2 Å². The van der Waals surface area contributed by atoms with Crippen LogP contribution >= 0.6 is 15.9 Å². The van der Waals surface area contributed by atoms with E-state index >= 15 is 0 Å². The van der Waals surface area contributed by atoms with Gasteiger partial charge in [0, 0.05) is 17.3 Å². The molecule has 1 atom stereocenters. The lowest BCUT2D eigenvalue weighted by Crippen LogP contribution is -2.16. The van der Waals surface area contributed by atoms with Gasteiger partial charge in [-0.05, 0) is 33.6 Å². The first-order valence-electron chi connectivity index (χ1n) is 3.94. The van der Waals surface area contributed by atoms with Gasteiger partial charge in [0.15, 0.2) is 0 Å². The molecule has 0 fully saturated rings. The molecule has 0 aliphatic heterocycles. The third-order valence-electron chi connectivity index (χ3n) is 1.80. The Bertz CT molecular complexity index is 291. The average Bonchev–Trinajstić information content (AvgIpc) is 2.10. The van der Waals surface area contributed by atoms with Gasteiger partial charge in [0.1, 0.15) is 0 Å². The highest BCUT2D eigenvalue weighted by atomic mass is 79.9. The molecule has 1 unspecified atom stereocenters. The fourth-order valence-electron chi connectivity index (χ4n) is 1.05. The van der Waals surface area contributed by atoms with Crippen molar-refractivity contribution in [2.24, 2.45) is 5.73 Å². The summed E-state index contributed by atoms with van der Waals surface area (Å²) < 4.78 is 5.83. The standard InChI is InChI=1S/C9H13BrN2O/c1-13-5-9(12)6-2-3-8(11)7(10)4-6/h2-4,9H,5,11-12H2,1H3. The SMILES string of the molecule is COCC(N)c1ccc(N)c(Br)c1. The van der Waals surface area contributed by atoms with Crippen molar-refractivity contribution in [2.45, 2.75) is 6.04 Å². The van der Waals surface area contributed by atoms with Crippen molar-refractivity contribution in [1.29, 1.82) is 0 Å². The summed E-state index contributed by atoms with van der Waals surface area (Å²) in [5, 5.41) is 0. The molecule has 72 valence electrons. The summed E-state index contributed by atoms with van der Waals surface area (Å²) in [5.74, 6) is 0. The molecule has 0 spiro atoms. The predicted molar refractivity (Wildman–Crippen MR) is 57.4 cm³/mol. The van der Waals surface area contributed by atoms with Crippen molar-refractivity contribution in [2.75, 3.05) is 19.5 Å². The Kier molecular flexibility index (Phi) is 3.71. The van der Waals surface area contributed by atoms with Gasteiger partial charge >= 0.3 is 0 Å². The number of ether oxygens (including phenoxy) is 1. The van der Waals surface area contributed by atoms with E-state index in [0.717, 1.165) is 10.0 Å². The van der Waals surface area contributed by atoms with Crippen LogP contribution in [0.4, 0.5) is 5.69 Å². The second-order valence-electron chi connectivity index (χ2n) is 2.84. The van der Waals surface area contributed by atoms with E-state index in [1.54, 1.807) is 7.11 Å². The van der Waals surface area contributed by atoms with Gasteiger partial charge in [-0.25, -0.2) is 0 Å². The molecule has 0 aromatic heterocycles. The van der Waals surface area contributed by atoms with Crippen LogP contribution in [-0.2, 0) is 4.74 Å². The summed E-state index contributed by atoms with van der Waals surface area (Å²) in [5.41, 5.74) is 13.2. The fraction of sp³-hybridized carbons (Fsp3) is 0.333. The van der Waals surface area contributed by atoms with Crippen molar-refractivity contribution in [1.82, 2.24) is 0 Å². The highest BCUT2D eigenvalue weighted by Crippen LogP contribution is 2.23. The highest BCUT2D eigenvalue weighted by molar-refractivity contribution is 9.10. The number of hydrogen-bond acceptors (Lipinski definition) is 3. The highest BCUT2D eigenvalue weighted by Gasteiger charge is 2.06. The predicted octanol–water partition coefficient (Wildman–Crippen LogP) is 1.68. The van der Waals surface area contributed by atoms with Crippen LogP contribution in [-0.4, -0.2) is 13.7 Å². The first-order chi connectivity index (χ1) is 6.15. The lowest BCUT2D eigenvalue weighted by Gasteiger charge is -2.11. The Hall–Kier alpha value is -0.580. The van der Waals surface area contributed by atoms with E-state index in [1.807, 2.05) is 18.2 Å². The Morgan fingerprint density at radius 2 is 2.23 bits per heavy atom. The van der Waals surface area contributed by atoms with Crippen LogP contribution in [0.2, 0.25) is 0 Å². The molecule has 4 N–H and O–H groups in total. The van der Waals surface area contributed by atoms with Crippen molar-refractivity contribution < 1.29 is 4.74 Å². The van der Waals surface area contributed by atoms with E-state index in [9.17, 15) is 0 Å².